The number of sulfonamides is 1. The second-order valence-corrected chi connectivity index (χ2v) is 11.6. The van der Waals surface area contributed by atoms with E-state index in [0.29, 0.717) is 52.4 Å². The molecule has 0 amide bonds. The van der Waals surface area contributed by atoms with Crippen LogP contribution in [0.2, 0.25) is 0 Å². The molecule has 1 saturated carbocycles. The van der Waals surface area contributed by atoms with Crippen LogP contribution in [0.15, 0.2) is 30.3 Å². The highest BCUT2D eigenvalue weighted by Crippen LogP contribution is 2.37. The van der Waals surface area contributed by atoms with Gasteiger partial charge in [-0.05, 0) is 56.5 Å². The summed E-state index contributed by atoms with van der Waals surface area (Å²) in [4.78, 5) is 8.92. The fourth-order valence-corrected chi connectivity index (χ4v) is 5.62. The van der Waals surface area contributed by atoms with Gasteiger partial charge in [0.05, 0.1) is 29.5 Å². The highest BCUT2D eigenvalue weighted by atomic mass is 32.2. The van der Waals surface area contributed by atoms with E-state index in [4.69, 9.17) is 15.2 Å². The molecule has 38 heavy (non-hydrogen) atoms. The summed E-state index contributed by atoms with van der Waals surface area (Å²) in [6.07, 6.45) is -3.18. The molecule has 0 unspecified atom stereocenters. The van der Waals surface area contributed by atoms with Crippen molar-refractivity contribution in [2.24, 2.45) is 0 Å². The lowest BCUT2D eigenvalue weighted by Gasteiger charge is -2.20. The van der Waals surface area contributed by atoms with Gasteiger partial charge < -0.3 is 20.5 Å². The third-order valence-electron chi connectivity index (χ3n) is 6.29. The Hall–Kier alpha value is -3.32. The van der Waals surface area contributed by atoms with Crippen molar-refractivity contribution in [1.29, 1.82) is 0 Å². The van der Waals surface area contributed by atoms with Gasteiger partial charge in [-0.1, -0.05) is 0 Å². The second-order valence-electron chi connectivity index (χ2n) is 9.31. The third-order valence-corrected chi connectivity index (χ3v) is 8.66. The number of fused-ring (bicyclic) bond motifs is 1. The lowest BCUT2D eigenvalue weighted by Crippen LogP contribution is -2.33. The van der Waals surface area contributed by atoms with Crippen LogP contribution in [0, 0.1) is 6.92 Å². The molecule has 9 nitrogen and oxygen atoms in total. The fourth-order valence-electron chi connectivity index (χ4n) is 4.05. The Balaban J connectivity index is 1.61. The van der Waals surface area contributed by atoms with E-state index in [-0.39, 0.29) is 24.1 Å². The molecule has 2 aromatic carbocycles. The standard InChI is InChI=1S/C25H30F3N5O4S/c1-14(16-9-17(25(26,27)28)11-18(29)10-16)30-24-20-12-23(22(36-4)13-21(20)31-15(2)32-24)37-8-7-33(3)38(34,35)19-5-6-19/h9-14,19H,5-8,29H2,1-4H3,(H,30,31,32)/t14-/m1/s1. The molecule has 0 radical (unpaired) electrons. The number of benzene rings is 2. The summed E-state index contributed by atoms with van der Waals surface area (Å²) < 4.78 is 77.3. The number of rotatable bonds is 10. The minimum Gasteiger partial charge on any atom is -0.493 e. The number of alkyl halides is 3. The Morgan fingerprint density at radius 2 is 1.87 bits per heavy atom. The number of hydrogen-bond donors (Lipinski definition) is 2. The molecular formula is C25H30F3N5O4S. The zero-order valence-corrected chi connectivity index (χ0v) is 22.3. The zero-order chi connectivity index (χ0) is 27.8. The first-order valence-corrected chi connectivity index (χ1v) is 13.5. The van der Waals surface area contributed by atoms with Crippen LogP contribution in [0.3, 0.4) is 0 Å². The van der Waals surface area contributed by atoms with Crippen LogP contribution in [-0.4, -0.2) is 55.3 Å². The molecule has 3 N–H and O–H groups in total. The highest BCUT2D eigenvalue weighted by Gasteiger charge is 2.38. The Morgan fingerprint density at radius 3 is 2.50 bits per heavy atom. The van der Waals surface area contributed by atoms with Crippen LogP contribution in [-0.2, 0) is 16.2 Å². The average molecular weight is 554 g/mol. The zero-order valence-electron chi connectivity index (χ0n) is 21.5. The monoisotopic (exact) mass is 553 g/mol. The van der Waals surface area contributed by atoms with Gasteiger partial charge in [0.1, 0.15) is 18.2 Å². The van der Waals surface area contributed by atoms with Gasteiger partial charge in [0, 0.05) is 30.7 Å². The molecule has 4 rings (SSSR count). The van der Waals surface area contributed by atoms with Gasteiger partial charge in [-0.3, -0.25) is 0 Å². The molecule has 0 aliphatic heterocycles. The number of likely N-dealkylation sites (N-methyl/N-ethyl adjacent to an activating group) is 1. The van der Waals surface area contributed by atoms with Gasteiger partial charge in [0.25, 0.3) is 0 Å². The molecule has 1 fully saturated rings. The van der Waals surface area contributed by atoms with E-state index < -0.39 is 27.8 Å². The van der Waals surface area contributed by atoms with E-state index >= 15 is 0 Å². The van der Waals surface area contributed by atoms with Crippen LogP contribution in [0.5, 0.6) is 11.5 Å². The number of ether oxygens (including phenoxy) is 2. The Bertz CT molecular complexity index is 1450. The van der Waals surface area contributed by atoms with Crippen molar-refractivity contribution in [3.63, 3.8) is 0 Å². The van der Waals surface area contributed by atoms with E-state index in [9.17, 15) is 21.6 Å². The van der Waals surface area contributed by atoms with Crippen molar-refractivity contribution in [2.75, 3.05) is 38.4 Å². The number of methoxy groups -OCH3 is 1. The van der Waals surface area contributed by atoms with Crippen molar-refractivity contribution in [1.82, 2.24) is 14.3 Å². The number of anilines is 2. The number of hydrogen-bond acceptors (Lipinski definition) is 8. The van der Waals surface area contributed by atoms with E-state index in [1.54, 1.807) is 26.0 Å². The first-order valence-electron chi connectivity index (χ1n) is 12.0. The molecule has 1 heterocycles. The first-order chi connectivity index (χ1) is 17.8. The van der Waals surface area contributed by atoms with Crippen LogP contribution >= 0.6 is 0 Å². The van der Waals surface area contributed by atoms with Gasteiger partial charge in [0.15, 0.2) is 11.5 Å². The van der Waals surface area contributed by atoms with Gasteiger partial charge in [-0.15, -0.1) is 0 Å². The van der Waals surface area contributed by atoms with Crippen LogP contribution in [0.4, 0.5) is 24.7 Å². The molecule has 3 aromatic rings. The SMILES string of the molecule is COc1cc2nc(C)nc(N[C@H](C)c3cc(N)cc(C(F)(F)F)c3)c2cc1OCCN(C)S(=O)(=O)C1CC1. The van der Waals surface area contributed by atoms with Crippen molar-refractivity contribution in [3.05, 3.63) is 47.3 Å². The normalized spacial score (nSPS) is 15.1. The number of nitrogens with two attached hydrogens (primary N) is 1. The number of nitrogens with one attached hydrogen (secondary N) is 1. The van der Waals surface area contributed by atoms with Crippen LogP contribution in [0.25, 0.3) is 10.9 Å². The quantitative estimate of drug-likeness (QED) is 0.352. The van der Waals surface area contributed by atoms with Gasteiger partial charge in [-0.25, -0.2) is 22.7 Å². The van der Waals surface area contributed by atoms with Crippen molar-refractivity contribution >= 4 is 32.4 Å². The number of nitrogens with zero attached hydrogens (tertiary/aromatic N) is 3. The largest absolute Gasteiger partial charge is 0.493 e. The summed E-state index contributed by atoms with van der Waals surface area (Å²) in [6.45, 7) is 3.64. The van der Waals surface area contributed by atoms with Crippen LogP contribution < -0.4 is 20.5 Å². The summed E-state index contributed by atoms with van der Waals surface area (Å²) in [5, 5.41) is 3.41. The molecule has 206 valence electrons. The molecule has 0 spiro atoms. The molecular weight excluding hydrogens is 523 g/mol. The summed E-state index contributed by atoms with van der Waals surface area (Å²) in [6, 6.07) is 6.18. The minimum atomic E-state index is -4.53. The van der Waals surface area contributed by atoms with Crippen LogP contribution in [0.1, 0.15) is 42.8 Å². The van der Waals surface area contributed by atoms with Crippen molar-refractivity contribution in [3.8, 4) is 11.5 Å². The van der Waals surface area contributed by atoms with Gasteiger partial charge in [0.2, 0.25) is 10.0 Å². The smallest absolute Gasteiger partial charge is 0.416 e. The van der Waals surface area contributed by atoms with E-state index in [1.807, 2.05) is 0 Å². The van der Waals surface area contributed by atoms with E-state index in [0.717, 1.165) is 12.1 Å². The average Bonchev–Trinajstić information content (AvgIpc) is 3.69. The molecule has 1 aromatic heterocycles. The van der Waals surface area contributed by atoms with Gasteiger partial charge in [-0.2, -0.15) is 13.2 Å². The Kier molecular flexibility index (Phi) is 7.62. The topological polar surface area (TPSA) is 120 Å². The third kappa shape index (κ3) is 6.04. The van der Waals surface area contributed by atoms with E-state index in [1.165, 1.54) is 24.5 Å². The first kappa shape index (κ1) is 27.7. The molecule has 1 aliphatic carbocycles. The maximum atomic E-state index is 13.3. The maximum Gasteiger partial charge on any atom is 0.416 e. The summed E-state index contributed by atoms with van der Waals surface area (Å²) in [7, 11) is -0.324. The van der Waals surface area contributed by atoms with Crippen molar-refractivity contribution in [2.45, 2.75) is 44.2 Å². The minimum absolute atomic E-state index is 0.00120. The maximum absolute atomic E-state index is 13.3. The second kappa shape index (κ2) is 10.4. The molecule has 13 heteroatoms. The number of nitrogen functional groups attached to an aromatic ring is 1. The molecule has 0 saturated heterocycles. The molecule has 0 bridgehead atoms. The number of halogens is 3. The van der Waals surface area contributed by atoms with Gasteiger partial charge >= 0.3 is 6.18 Å². The summed E-state index contributed by atoms with van der Waals surface area (Å²) in [5.74, 6) is 1.58. The predicted octanol–water partition coefficient (Wildman–Crippen LogP) is 4.52. The number of aryl methyl sites for hydroxylation is 1. The lowest BCUT2D eigenvalue weighted by molar-refractivity contribution is -0.137. The Morgan fingerprint density at radius 1 is 1.16 bits per heavy atom. The Labute approximate surface area is 219 Å². The molecule has 1 atom stereocenters. The summed E-state index contributed by atoms with van der Waals surface area (Å²) >= 11 is 0. The lowest BCUT2D eigenvalue weighted by atomic mass is 10.0. The van der Waals surface area contributed by atoms with E-state index in [2.05, 4.69) is 15.3 Å². The number of aromatic nitrogens is 2. The summed E-state index contributed by atoms with van der Waals surface area (Å²) in [5.41, 5.74) is 5.79. The molecule has 1 aliphatic rings. The predicted molar refractivity (Wildman–Crippen MR) is 139 cm³/mol. The highest BCUT2D eigenvalue weighted by molar-refractivity contribution is 7.90. The van der Waals surface area contributed by atoms with Crippen molar-refractivity contribution < 1.29 is 31.1 Å². The fraction of sp³-hybridized carbons (Fsp3) is 0.440.